The first-order valence-corrected chi connectivity index (χ1v) is 11.1. The summed E-state index contributed by atoms with van der Waals surface area (Å²) in [6, 6.07) is 16.9. The van der Waals surface area contributed by atoms with Gasteiger partial charge in [0.25, 0.3) is 0 Å². The number of sulfonamides is 1. The van der Waals surface area contributed by atoms with Gasteiger partial charge in [-0.25, -0.2) is 17.9 Å². The average molecular weight is 455 g/mol. The number of amidine groups is 1. The molecule has 1 atom stereocenters. The van der Waals surface area contributed by atoms with Crippen molar-refractivity contribution in [2.45, 2.75) is 17.4 Å². The van der Waals surface area contributed by atoms with Crippen LogP contribution in [0.5, 0.6) is 0 Å². The fourth-order valence-electron chi connectivity index (χ4n) is 3.17. The van der Waals surface area contributed by atoms with Gasteiger partial charge in [0.05, 0.1) is 11.4 Å². The summed E-state index contributed by atoms with van der Waals surface area (Å²) < 4.78 is 27.7. The van der Waals surface area contributed by atoms with Crippen molar-refractivity contribution in [1.82, 2.24) is 10.0 Å². The van der Waals surface area contributed by atoms with E-state index in [0.717, 1.165) is 5.39 Å². The third-order valence-corrected chi connectivity index (χ3v) is 6.26. The molecule has 0 radical (unpaired) electrons. The second kappa shape index (κ2) is 9.58. The molecule has 0 aliphatic carbocycles. The quantitative estimate of drug-likeness (QED) is 0.241. The molecule has 0 fully saturated rings. The Kier molecular flexibility index (Phi) is 6.86. The number of carboxylic acids is 1. The maximum absolute atomic E-state index is 12.7. The number of fused-ring (bicyclic) bond motifs is 1. The minimum absolute atomic E-state index is 0.0185. The Hall–Kier alpha value is -3.76. The Balaban J connectivity index is 1.66. The molecule has 3 aromatic rings. The summed E-state index contributed by atoms with van der Waals surface area (Å²) >= 11 is 0. The summed E-state index contributed by atoms with van der Waals surface area (Å²) in [5, 5.41) is 20.4. The lowest BCUT2D eigenvalue weighted by Crippen LogP contribution is -2.46. The third-order valence-electron chi connectivity index (χ3n) is 4.80. The number of hydrogen-bond acceptors (Lipinski definition) is 5. The monoisotopic (exact) mass is 454 g/mol. The van der Waals surface area contributed by atoms with Gasteiger partial charge in [0.1, 0.15) is 11.9 Å². The molecule has 1 amide bonds. The van der Waals surface area contributed by atoms with Crippen molar-refractivity contribution < 1.29 is 23.1 Å². The summed E-state index contributed by atoms with van der Waals surface area (Å²) in [6.07, 6.45) is -0.0185. The van der Waals surface area contributed by atoms with Crippen LogP contribution in [0.3, 0.4) is 0 Å². The zero-order valence-corrected chi connectivity index (χ0v) is 17.7. The predicted octanol–water partition coefficient (Wildman–Crippen LogP) is 1.21. The Morgan fingerprint density at radius 3 is 2.31 bits per heavy atom. The standard InChI is InChI=1S/C22H22N4O5S/c23-21(24)16-10-8-14(9-11-16)12-18(22(28)29)26-20(27)13-25-32(30,31)19-7-3-5-15-4-1-2-6-17(15)19/h1-11,18,25H,12-13H2,(H3,23,24)(H,26,27)(H,28,29)/t18-/m0/s1. The highest BCUT2D eigenvalue weighted by molar-refractivity contribution is 7.89. The fraction of sp³-hybridized carbons (Fsp3) is 0.136. The molecule has 9 nitrogen and oxygen atoms in total. The van der Waals surface area contributed by atoms with Crippen LogP contribution < -0.4 is 15.8 Å². The number of hydrogen-bond donors (Lipinski definition) is 5. The predicted molar refractivity (Wildman–Crippen MR) is 120 cm³/mol. The number of carboxylic acid groups (broad SMARTS) is 1. The van der Waals surface area contributed by atoms with E-state index in [0.29, 0.717) is 16.5 Å². The van der Waals surface area contributed by atoms with Crippen molar-refractivity contribution in [3.8, 4) is 0 Å². The minimum Gasteiger partial charge on any atom is -0.480 e. The summed E-state index contributed by atoms with van der Waals surface area (Å²) in [4.78, 5) is 23.9. The van der Waals surface area contributed by atoms with E-state index in [4.69, 9.17) is 11.1 Å². The van der Waals surface area contributed by atoms with Gasteiger partial charge >= 0.3 is 5.97 Å². The van der Waals surface area contributed by atoms with Gasteiger partial charge in [-0.2, -0.15) is 0 Å². The van der Waals surface area contributed by atoms with Gasteiger partial charge < -0.3 is 16.2 Å². The van der Waals surface area contributed by atoms with Crippen molar-refractivity contribution in [3.05, 3.63) is 77.9 Å². The number of carbonyl (C=O) groups excluding carboxylic acids is 1. The first kappa shape index (κ1) is 22.9. The number of nitrogens with two attached hydrogens (primary N) is 1. The molecule has 6 N–H and O–H groups in total. The van der Waals surface area contributed by atoms with Crippen molar-refractivity contribution in [3.63, 3.8) is 0 Å². The number of carbonyl (C=O) groups is 2. The maximum atomic E-state index is 12.7. The van der Waals surface area contributed by atoms with E-state index in [9.17, 15) is 23.1 Å². The van der Waals surface area contributed by atoms with Crippen molar-refractivity contribution in [2.75, 3.05) is 6.54 Å². The van der Waals surface area contributed by atoms with Crippen molar-refractivity contribution >= 4 is 38.5 Å². The van der Waals surface area contributed by atoms with Crippen LogP contribution in [0.2, 0.25) is 0 Å². The first-order chi connectivity index (χ1) is 15.2. The van der Waals surface area contributed by atoms with Gasteiger partial charge in [-0.15, -0.1) is 0 Å². The molecular formula is C22H22N4O5S. The van der Waals surface area contributed by atoms with Gasteiger partial charge in [0.15, 0.2) is 0 Å². The number of nitrogen functional groups attached to an aromatic ring is 1. The molecule has 0 saturated heterocycles. The van der Waals surface area contributed by atoms with Crippen LogP contribution in [0, 0.1) is 5.41 Å². The van der Waals surface area contributed by atoms with Crippen LogP contribution in [0.15, 0.2) is 71.6 Å². The van der Waals surface area contributed by atoms with Crippen LogP contribution in [-0.2, 0) is 26.0 Å². The molecule has 10 heteroatoms. The third kappa shape index (κ3) is 5.48. The van der Waals surface area contributed by atoms with E-state index < -0.39 is 34.5 Å². The fourth-order valence-corrected chi connectivity index (χ4v) is 4.38. The Labute approximate surface area is 184 Å². The van der Waals surface area contributed by atoms with Crippen molar-refractivity contribution in [1.29, 1.82) is 5.41 Å². The molecule has 3 aromatic carbocycles. The second-order valence-corrected chi connectivity index (χ2v) is 8.81. The lowest BCUT2D eigenvalue weighted by Gasteiger charge is -2.15. The normalized spacial score (nSPS) is 12.2. The van der Waals surface area contributed by atoms with Crippen LogP contribution in [0.25, 0.3) is 10.8 Å². The molecule has 0 unspecified atom stereocenters. The Morgan fingerprint density at radius 1 is 1.00 bits per heavy atom. The van der Waals surface area contributed by atoms with E-state index in [2.05, 4.69) is 10.0 Å². The van der Waals surface area contributed by atoms with E-state index in [-0.39, 0.29) is 17.2 Å². The van der Waals surface area contributed by atoms with E-state index >= 15 is 0 Å². The molecule has 32 heavy (non-hydrogen) atoms. The van der Waals surface area contributed by atoms with Gasteiger partial charge in [-0.05, 0) is 17.0 Å². The van der Waals surface area contributed by atoms with E-state index in [1.54, 1.807) is 60.7 Å². The van der Waals surface area contributed by atoms with Gasteiger partial charge in [0.2, 0.25) is 15.9 Å². The highest BCUT2D eigenvalue weighted by atomic mass is 32.2. The zero-order chi connectivity index (χ0) is 23.3. The number of benzene rings is 3. The molecule has 166 valence electrons. The smallest absolute Gasteiger partial charge is 0.326 e. The molecule has 3 rings (SSSR count). The Bertz CT molecular complexity index is 1270. The Morgan fingerprint density at radius 2 is 1.66 bits per heavy atom. The summed E-state index contributed by atoms with van der Waals surface area (Å²) in [7, 11) is -4.00. The molecule has 0 saturated carbocycles. The summed E-state index contributed by atoms with van der Waals surface area (Å²) in [5.41, 5.74) is 6.50. The summed E-state index contributed by atoms with van der Waals surface area (Å²) in [5.74, 6) is -2.15. The first-order valence-electron chi connectivity index (χ1n) is 9.60. The minimum atomic E-state index is -4.00. The maximum Gasteiger partial charge on any atom is 0.326 e. The van der Waals surface area contributed by atoms with E-state index in [1.165, 1.54) is 6.07 Å². The SMILES string of the molecule is N=C(N)c1ccc(C[C@H](NC(=O)CNS(=O)(=O)c2cccc3ccccc23)C(=O)O)cc1. The topological polar surface area (TPSA) is 162 Å². The van der Waals surface area contributed by atoms with Gasteiger partial charge in [-0.3, -0.25) is 10.2 Å². The summed E-state index contributed by atoms with van der Waals surface area (Å²) in [6.45, 7) is -0.612. The number of rotatable bonds is 9. The molecule has 0 aliphatic heterocycles. The second-order valence-electron chi connectivity index (χ2n) is 7.07. The van der Waals surface area contributed by atoms with Crippen LogP contribution in [0.1, 0.15) is 11.1 Å². The van der Waals surface area contributed by atoms with Crippen LogP contribution in [-0.4, -0.2) is 43.8 Å². The number of aliphatic carboxylic acids is 1. The molecule has 0 aliphatic rings. The van der Waals surface area contributed by atoms with Crippen molar-refractivity contribution in [2.24, 2.45) is 5.73 Å². The number of amides is 1. The largest absolute Gasteiger partial charge is 0.480 e. The molecule has 0 aromatic heterocycles. The van der Waals surface area contributed by atoms with Gasteiger partial charge in [0, 0.05) is 17.4 Å². The molecular weight excluding hydrogens is 432 g/mol. The van der Waals surface area contributed by atoms with Gasteiger partial charge in [-0.1, -0.05) is 60.7 Å². The average Bonchev–Trinajstić information content (AvgIpc) is 2.77. The zero-order valence-electron chi connectivity index (χ0n) is 16.9. The molecule has 0 spiro atoms. The highest BCUT2D eigenvalue weighted by Crippen LogP contribution is 2.22. The molecule has 0 bridgehead atoms. The van der Waals surface area contributed by atoms with Crippen LogP contribution >= 0.6 is 0 Å². The van der Waals surface area contributed by atoms with E-state index in [1.807, 2.05) is 0 Å². The number of nitrogens with one attached hydrogen (secondary N) is 3. The highest BCUT2D eigenvalue weighted by Gasteiger charge is 2.23. The molecule has 0 heterocycles. The lowest BCUT2D eigenvalue weighted by atomic mass is 10.0. The lowest BCUT2D eigenvalue weighted by molar-refractivity contribution is -0.141. The van der Waals surface area contributed by atoms with Crippen LogP contribution in [0.4, 0.5) is 0 Å².